The predicted octanol–water partition coefficient (Wildman–Crippen LogP) is 2.25. The number of piperidine rings is 1. The van der Waals surface area contributed by atoms with Crippen LogP contribution in [0.2, 0.25) is 5.02 Å². The summed E-state index contributed by atoms with van der Waals surface area (Å²) >= 11 is 5.88. The van der Waals surface area contributed by atoms with Crippen molar-refractivity contribution in [3.05, 3.63) is 47.2 Å². The molecule has 0 bridgehead atoms. The van der Waals surface area contributed by atoms with Gasteiger partial charge in [-0.05, 0) is 49.7 Å². The topological polar surface area (TPSA) is 58.9 Å². The summed E-state index contributed by atoms with van der Waals surface area (Å²) in [5.74, 6) is 0.364. The van der Waals surface area contributed by atoms with Crippen molar-refractivity contribution >= 4 is 17.5 Å². The smallest absolute Gasteiger partial charge is 0.254 e. The molecule has 6 heteroatoms. The lowest BCUT2D eigenvalue weighted by Gasteiger charge is -2.30. The number of halogens is 1. The van der Waals surface area contributed by atoms with Crippen molar-refractivity contribution in [1.29, 1.82) is 0 Å². The van der Waals surface area contributed by atoms with Crippen molar-refractivity contribution < 1.29 is 4.79 Å². The largest absolute Gasteiger partial charge is 0.349 e. The molecular weight excluding hydrogens is 300 g/mol. The average Bonchev–Trinajstić information content (AvgIpc) is 3.00. The van der Waals surface area contributed by atoms with Gasteiger partial charge >= 0.3 is 0 Å². The van der Waals surface area contributed by atoms with E-state index in [-0.39, 0.29) is 11.9 Å². The molecular formula is C16H19ClN4O. The summed E-state index contributed by atoms with van der Waals surface area (Å²) < 4.78 is 1.68. The van der Waals surface area contributed by atoms with Gasteiger partial charge in [-0.1, -0.05) is 18.5 Å². The minimum absolute atomic E-state index is 0.0704. The van der Waals surface area contributed by atoms with Crippen molar-refractivity contribution in [3.8, 4) is 5.69 Å². The summed E-state index contributed by atoms with van der Waals surface area (Å²) in [7, 11) is 0. The maximum Gasteiger partial charge on any atom is 0.254 e. The molecule has 1 fully saturated rings. The lowest BCUT2D eigenvalue weighted by Crippen LogP contribution is -2.48. The molecule has 1 aromatic carbocycles. The van der Waals surface area contributed by atoms with Crippen molar-refractivity contribution in [2.24, 2.45) is 5.92 Å². The number of amides is 1. The van der Waals surface area contributed by atoms with Crippen LogP contribution in [0.5, 0.6) is 0 Å². The molecule has 2 aromatic rings. The van der Waals surface area contributed by atoms with Gasteiger partial charge in [0.25, 0.3) is 5.91 Å². The van der Waals surface area contributed by atoms with Crippen LogP contribution >= 0.6 is 11.6 Å². The fourth-order valence-corrected chi connectivity index (χ4v) is 2.78. The second kappa shape index (κ2) is 6.50. The van der Waals surface area contributed by atoms with Gasteiger partial charge in [-0.2, -0.15) is 5.10 Å². The highest BCUT2D eigenvalue weighted by Crippen LogP contribution is 2.14. The number of carbonyl (C=O) groups excluding carboxylic acids is 1. The summed E-state index contributed by atoms with van der Waals surface area (Å²) in [6.45, 7) is 4.03. The fraction of sp³-hybridized carbons (Fsp3) is 0.375. The van der Waals surface area contributed by atoms with Crippen LogP contribution in [-0.4, -0.2) is 34.8 Å². The highest BCUT2D eigenvalue weighted by molar-refractivity contribution is 6.30. The van der Waals surface area contributed by atoms with Gasteiger partial charge < -0.3 is 10.6 Å². The van der Waals surface area contributed by atoms with Crippen molar-refractivity contribution in [2.75, 3.05) is 13.1 Å². The van der Waals surface area contributed by atoms with Crippen molar-refractivity contribution in [2.45, 2.75) is 19.4 Å². The van der Waals surface area contributed by atoms with Crippen LogP contribution in [0.1, 0.15) is 23.7 Å². The van der Waals surface area contributed by atoms with Gasteiger partial charge in [-0.25, -0.2) is 4.68 Å². The maximum atomic E-state index is 12.4. The van der Waals surface area contributed by atoms with Crippen LogP contribution < -0.4 is 10.6 Å². The molecule has 2 heterocycles. The second-order valence-electron chi connectivity index (χ2n) is 5.70. The molecule has 116 valence electrons. The van der Waals surface area contributed by atoms with E-state index in [1.165, 1.54) is 0 Å². The third-order valence-corrected chi connectivity index (χ3v) is 4.29. The van der Waals surface area contributed by atoms with Crippen molar-refractivity contribution in [3.63, 3.8) is 0 Å². The Hall–Kier alpha value is -1.85. The molecule has 2 unspecified atom stereocenters. The Bertz CT molecular complexity index is 652. The molecule has 2 N–H and O–H groups in total. The molecule has 0 radical (unpaired) electrons. The number of carbonyl (C=O) groups is 1. The van der Waals surface area contributed by atoms with Gasteiger partial charge in [0, 0.05) is 17.3 Å². The Morgan fingerprint density at radius 2 is 2.18 bits per heavy atom. The van der Waals surface area contributed by atoms with Gasteiger partial charge in [0.05, 0.1) is 17.4 Å². The first-order valence-electron chi connectivity index (χ1n) is 7.45. The van der Waals surface area contributed by atoms with E-state index in [1.54, 1.807) is 29.2 Å². The van der Waals surface area contributed by atoms with E-state index in [4.69, 9.17) is 11.6 Å². The van der Waals surface area contributed by atoms with E-state index in [0.29, 0.717) is 16.5 Å². The average molecular weight is 319 g/mol. The molecule has 5 nitrogen and oxygen atoms in total. The van der Waals surface area contributed by atoms with E-state index in [2.05, 4.69) is 22.7 Å². The predicted molar refractivity (Wildman–Crippen MR) is 86.5 cm³/mol. The first-order chi connectivity index (χ1) is 10.6. The number of hydrogen-bond donors (Lipinski definition) is 2. The van der Waals surface area contributed by atoms with E-state index >= 15 is 0 Å². The Morgan fingerprint density at radius 3 is 2.91 bits per heavy atom. The van der Waals surface area contributed by atoms with Crippen LogP contribution in [-0.2, 0) is 0 Å². The first kappa shape index (κ1) is 15.1. The molecule has 1 amide bonds. The van der Waals surface area contributed by atoms with E-state index in [1.807, 2.05) is 12.1 Å². The Balaban J connectivity index is 1.70. The minimum Gasteiger partial charge on any atom is -0.349 e. The highest BCUT2D eigenvalue weighted by atomic mass is 35.5. The fourth-order valence-electron chi connectivity index (χ4n) is 2.66. The van der Waals surface area contributed by atoms with Crippen LogP contribution in [0.15, 0.2) is 36.7 Å². The van der Waals surface area contributed by atoms with Gasteiger partial charge in [0.15, 0.2) is 0 Å². The SMILES string of the molecule is CC1CNCCC1NC(=O)c1cnn(-c2ccc(Cl)cc2)c1. The zero-order valence-electron chi connectivity index (χ0n) is 12.4. The molecule has 1 saturated heterocycles. The maximum absolute atomic E-state index is 12.4. The standard InChI is InChI=1S/C16H19ClN4O/c1-11-8-18-7-6-15(11)20-16(22)12-9-19-21(10-12)14-4-2-13(17)3-5-14/h2-5,9-11,15,18H,6-8H2,1H3,(H,20,22). The Labute approximate surface area is 134 Å². The van der Waals surface area contributed by atoms with Gasteiger partial charge in [0.2, 0.25) is 0 Å². The molecule has 2 atom stereocenters. The summed E-state index contributed by atoms with van der Waals surface area (Å²) in [5.41, 5.74) is 1.44. The lowest BCUT2D eigenvalue weighted by molar-refractivity contribution is 0.0914. The second-order valence-corrected chi connectivity index (χ2v) is 6.14. The zero-order valence-corrected chi connectivity index (χ0v) is 13.2. The Kier molecular flexibility index (Phi) is 4.45. The van der Waals surface area contributed by atoms with Crippen LogP contribution in [0.3, 0.4) is 0 Å². The number of aromatic nitrogens is 2. The monoisotopic (exact) mass is 318 g/mol. The van der Waals surface area contributed by atoms with Crippen LogP contribution in [0.25, 0.3) is 5.69 Å². The Morgan fingerprint density at radius 1 is 1.41 bits per heavy atom. The molecule has 0 spiro atoms. The van der Waals surface area contributed by atoms with Gasteiger partial charge in [-0.15, -0.1) is 0 Å². The van der Waals surface area contributed by atoms with Crippen molar-refractivity contribution in [1.82, 2.24) is 20.4 Å². The first-order valence-corrected chi connectivity index (χ1v) is 7.83. The third kappa shape index (κ3) is 3.31. The summed E-state index contributed by atoms with van der Waals surface area (Å²) in [4.78, 5) is 12.4. The summed E-state index contributed by atoms with van der Waals surface area (Å²) in [5, 5.41) is 11.4. The number of nitrogens with one attached hydrogen (secondary N) is 2. The molecule has 1 aliphatic heterocycles. The van der Waals surface area contributed by atoms with Gasteiger partial charge in [-0.3, -0.25) is 4.79 Å². The zero-order chi connectivity index (χ0) is 15.5. The number of nitrogens with zero attached hydrogens (tertiary/aromatic N) is 2. The summed E-state index contributed by atoms with van der Waals surface area (Å²) in [6, 6.07) is 7.55. The normalized spacial score (nSPS) is 21.5. The van der Waals surface area contributed by atoms with Crippen LogP contribution in [0, 0.1) is 5.92 Å². The lowest BCUT2D eigenvalue weighted by atomic mass is 9.95. The molecule has 1 aliphatic rings. The molecule has 3 rings (SSSR count). The molecule has 1 aromatic heterocycles. The third-order valence-electron chi connectivity index (χ3n) is 4.04. The quantitative estimate of drug-likeness (QED) is 0.912. The molecule has 22 heavy (non-hydrogen) atoms. The van der Waals surface area contributed by atoms with Gasteiger partial charge in [0.1, 0.15) is 0 Å². The number of benzene rings is 1. The number of hydrogen-bond acceptors (Lipinski definition) is 3. The molecule has 0 saturated carbocycles. The minimum atomic E-state index is -0.0704. The summed E-state index contributed by atoms with van der Waals surface area (Å²) in [6.07, 6.45) is 4.29. The van der Waals surface area contributed by atoms with E-state index in [0.717, 1.165) is 25.2 Å². The number of rotatable bonds is 3. The van der Waals surface area contributed by atoms with E-state index < -0.39 is 0 Å². The highest BCUT2D eigenvalue weighted by Gasteiger charge is 2.23. The van der Waals surface area contributed by atoms with Crippen LogP contribution in [0.4, 0.5) is 0 Å². The van der Waals surface area contributed by atoms with E-state index in [9.17, 15) is 4.79 Å². The molecule has 0 aliphatic carbocycles.